The predicted octanol–water partition coefficient (Wildman–Crippen LogP) is -0.556. The molecule has 4 N–H and O–H groups in total. The van der Waals surface area contributed by atoms with E-state index in [1.54, 1.807) is 5.38 Å². The van der Waals surface area contributed by atoms with Crippen molar-refractivity contribution < 1.29 is 24.3 Å². The van der Waals surface area contributed by atoms with E-state index >= 15 is 0 Å². The summed E-state index contributed by atoms with van der Waals surface area (Å²) in [5.41, 5.74) is 5.60. The van der Waals surface area contributed by atoms with E-state index in [1.807, 2.05) is 0 Å². The molecule has 0 bridgehead atoms. The largest absolute Gasteiger partial charge is 0.477 e. The molecule has 1 fully saturated rings. The van der Waals surface area contributed by atoms with Gasteiger partial charge in [-0.15, -0.1) is 23.1 Å². The van der Waals surface area contributed by atoms with E-state index in [9.17, 15) is 14.4 Å². The minimum atomic E-state index is -1.18. The van der Waals surface area contributed by atoms with Crippen molar-refractivity contribution >= 4 is 51.7 Å². The number of nitrogens with zero attached hydrogens (tertiary/aromatic N) is 3. The van der Waals surface area contributed by atoms with Crippen molar-refractivity contribution in [2.24, 2.45) is 5.16 Å². The van der Waals surface area contributed by atoms with Crippen LogP contribution >= 0.6 is 23.1 Å². The molecule has 25 heavy (non-hydrogen) atoms. The highest BCUT2D eigenvalue weighted by Crippen LogP contribution is 2.37. The van der Waals surface area contributed by atoms with Gasteiger partial charge >= 0.3 is 5.97 Å². The molecule has 0 spiro atoms. The van der Waals surface area contributed by atoms with Gasteiger partial charge in [-0.3, -0.25) is 14.5 Å². The molecular weight excluding hydrogens is 370 g/mol. The van der Waals surface area contributed by atoms with Crippen molar-refractivity contribution in [1.82, 2.24) is 15.2 Å². The van der Waals surface area contributed by atoms with Crippen molar-refractivity contribution in [2.45, 2.75) is 11.4 Å². The molecule has 1 unspecified atom stereocenters. The first-order valence-electron chi connectivity index (χ1n) is 6.95. The van der Waals surface area contributed by atoms with Gasteiger partial charge in [-0.05, 0) is 6.08 Å². The van der Waals surface area contributed by atoms with Crippen LogP contribution in [0.25, 0.3) is 0 Å². The number of thiazole rings is 1. The molecule has 12 heteroatoms. The lowest BCUT2D eigenvalue weighted by atomic mass is 10.0. The highest BCUT2D eigenvalue weighted by atomic mass is 32.2. The number of aromatic nitrogens is 1. The van der Waals surface area contributed by atoms with Gasteiger partial charge in [0.15, 0.2) is 10.8 Å². The number of oxime groups is 1. The number of hydrogen-bond acceptors (Lipinski definition) is 9. The molecule has 0 aliphatic carbocycles. The monoisotopic (exact) mass is 383 g/mol. The molecule has 132 valence electrons. The molecule has 2 aliphatic heterocycles. The first-order valence-corrected chi connectivity index (χ1v) is 8.88. The standard InChI is InChI=1S/C13H13N5O5S2/c1-23-17-7(5-4-25-13(14)15-5)9(19)16-8-10(20)18-6(12(21)22)2-3-24-11(8)18/h2,4,8,11H,3H2,1H3,(H2,14,15)(H,16,19)(H,21,22)/b17-7+/t8?,11-/m1/s1. The van der Waals surface area contributed by atoms with Crippen LogP contribution in [-0.2, 0) is 19.2 Å². The zero-order chi connectivity index (χ0) is 18.1. The fourth-order valence-electron chi connectivity index (χ4n) is 2.44. The molecule has 2 aliphatic rings. The lowest BCUT2D eigenvalue weighted by molar-refractivity contribution is -0.150. The van der Waals surface area contributed by atoms with Crippen LogP contribution in [0.15, 0.2) is 22.3 Å². The number of anilines is 1. The first-order chi connectivity index (χ1) is 11.9. The summed E-state index contributed by atoms with van der Waals surface area (Å²) in [6.45, 7) is 0. The van der Waals surface area contributed by atoms with Crippen molar-refractivity contribution in [3.63, 3.8) is 0 Å². The summed E-state index contributed by atoms with van der Waals surface area (Å²) in [6, 6.07) is -0.849. The molecule has 2 atom stereocenters. The predicted molar refractivity (Wildman–Crippen MR) is 90.8 cm³/mol. The summed E-state index contributed by atoms with van der Waals surface area (Å²) in [5, 5.41) is 16.7. The number of carboxylic acids is 1. The van der Waals surface area contributed by atoms with Crippen molar-refractivity contribution in [2.75, 3.05) is 18.6 Å². The molecule has 3 rings (SSSR count). The highest BCUT2D eigenvalue weighted by Gasteiger charge is 2.53. The summed E-state index contributed by atoms with van der Waals surface area (Å²) in [4.78, 5) is 45.7. The lowest BCUT2D eigenvalue weighted by Crippen LogP contribution is -2.70. The second kappa shape index (κ2) is 6.72. The normalized spacial score (nSPS) is 22.6. The van der Waals surface area contributed by atoms with Crippen molar-refractivity contribution in [3.8, 4) is 0 Å². The third-order valence-electron chi connectivity index (χ3n) is 3.51. The number of nitrogens with one attached hydrogen (secondary N) is 1. The molecule has 1 aromatic heterocycles. The van der Waals surface area contributed by atoms with Gasteiger partial charge in [-0.25, -0.2) is 9.78 Å². The number of carboxylic acid groups (broad SMARTS) is 1. The minimum Gasteiger partial charge on any atom is -0.477 e. The van der Waals surface area contributed by atoms with E-state index in [4.69, 9.17) is 10.8 Å². The average molecular weight is 383 g/mol. The zero-order valence-corrected chi connectivity index (χ0v) is 14.5. The Morgan fingerprint density at radius 2 is 2.32 bits per heavy atom. The average Bonchev–Trinajstić information content (AvgIpc) is 3.02. The SMILES string of the molecule is CO/N=C(/C(=O)NC1C(=O)N2C(C(=O)O)=CCS[C@H]12)c1csc(N)n1. The molecule has 0 saturated carbocycles. The van der Waals surface area contributed by atoms with Crippen LogP contribution < -0.4 is 11.1 Å². The van der Waals surface area contributed by atoms with Gasteiger partial charge in [0.1, 0.15) is 29.9 Å². The Bertz CT molecular complexity index is 804. The van der Waals surface area contributed by atoms with Gasteiger partial charge in [0.05, 0.1) is 0 Å². The van der Waals surface area contributed by atoms with Gasteiger partial charge in [0.25, 0.3) is 11.8 Å². The van der Waals surface area contributed by atoms with Crippen LogP contribution in [0.5, 0.6) is 0 Å². The lowest BCUT2D eigenvalue weighted by Gasteiger charge is -2.48. The number of fused-ring (bicyclic) bond motifs is 1. The summed E-state index contributed by atoms with van der Waals surface area (Å²) in [6.07, 6.45) is 1.47. The van der Waals surface area contributed by atoms with E-state index in [-0.39, 0.29) is 22.2 Å². The number of β-lactam (4-membered cyclic amide) rings is 1. The van der Waals surface area contributed by atoms with Crippen LogP contribution in [-0.4, -0.2) is 62.8 Å². The number of carbonyl (C=O) groups excluding carboxylic acids is 2. The number of thioether (sulfide) groups is 1. The number of nitrogens with two attached hydrogens (primary N) is 1. The Hall–Kier alpha value is -2.60. The third-order valence-corrected chi connectivity index (χ3v) is 5.37. The number of aliphatic carboxylic acids is 1. The third kappa shape index (κ3) is 3.05. The van der Waals surface area contributed by atoms with Crippen molar-refractivity contribution in [3.05, 3.63) is 22.8 Å². The molecule has 0 aromatic carbocycles. The molecule has 10 nitrogen and oxygen atoms in total. The van der Waals surface area contributed by atoms with E-state index in [1.165, 1.54) is 24.9 Å². The van der Waals surface area contributed by atoms with Gasteiger partial charge in [-0.2, -0.15) is 0 Å². The molecule has 2 amide bonds. The molecule has 3 heterocycles. The number of hydrogen-bond donors (Lipinski definition) is 3. The maximum absolute atomic E-state index is 12.5. The Kier molecular flexibility index (Phi) is 4.63. The maximum Gasteiger partial charge on any atom is 0.352 e. The Balaban J connectivity index is 1.75. The number of amides is 2. The van der Waals surface area contributed by atoms with Crippen LogP contribution in [0.2, 0.25) is 0 Å². The molecule has 1 saturated heterocycles. The Labute approximate surface area is 149 Å². The Morgan fingerprint density at radius 3 is 2.92 bits per heavy atom. The summed E-state index contributed by atoms with van der Waals surface area (Å²) in [7, 11) is 1.28. The fraction of sp³-hybridized carbons (Fsp3) is 0.308. The van der Waals surface area contributed by atoms with Crippen molar-refractivity contribution in [1.29, 1.82) is 0 Å². The van der Waals surface area contributed by atoms with E-state index in [2.05, 4.69) is 20.3 Å². The zero-order valence-electron chi connectivity index (χ0n) is 12.8. The number of carbonyl (C=O) groups is 3. The van der Waals surface area contributed by atoms with Crippen LogP contribution in [0.3, 0.4) is 0 Å². The Morgan fingerprint density at radius 1 is 1.56 bits per heavy atom. The second-order valence-corrected chi connectivity index (χ2v) is 7.01. The summed E-state index contributed by atoms with van der Waals surface area (Å²) < 4.78 is 0. The summed E-state index contributed by atoms with van der Waals surface area (Å²) in [5.74, 6) is -1.89. The summed E-state index contributed by atoms with van der Waals surface area (Å²) >= 11 is 2.49. The topological polar surface area (TPSA) is 147 Å². The van der Waals surface area contributed by atoms with Gasteiger partial charge in [-0.1, -0.05) is 5.16 Å². The van der Waals surface area contributed by atoms with Gasteiger partial charge in [0.2, 0.25) is 0 Å². The van der Waals surface area contributed by atoms with E-state index in [0.29, 0.717) is 5.75 Å². The van der Waals surface area contributed by atoms with Crippen LogP contribution in [0.1, 0.15) is 5.69 Å². The van der Waals surface area contributed by atoms with Crippen LogP contribution in [0, 0.1) is 0 Å². The molecule has 0 radical (unpaired) electrons. The number of nitrogen functional groups attached to an aromatic ring is 1. The smallest absolute Gasteiger partial charge is 0.352 e. The minimum absolute atomic E-state index is 0.0719. The molecular formula is C13H13N5O5S2. The fourth-order valence-corrected chi connectivity index (χ4v) is 4.18. The van der Waals surface area contributed by atoms with Gasteiger partial charge in [0, 0.05) is 11.1 Å². The highest BCUT2D eigenvalue weighted by molar-refractivity contribution is 8.00. The van der Waals surface area contributed by atoms with E-state index in [0.717, 1.165) is 16.2 Å². The van der Waals surface area contributed by atoms with Gasteiger partial charge < -0.3 is 21.0 Å². The molecule has 1 aromatic rings. The first kappa shape index (κ1) is 17.2. The van der Waals surface area contributed by atoms with E-state index < -0.39 is 29.2 Å². The number of rotatable bonds is 5. The second-order valence-electron chi connectivity index (χ2n) is 4.97. The maximum atomic E-state index is 12.5. The van der Waals surface area contributed by atoms with Crippen LogP contribution in [0.4, 0.5) is 5.13 Å². The quantitative estimate of drug-likeness (QED) is 0.348.